The highest BCUT2D eigenvalue weighted by Crippen LogP contribution is 2.18. The Morgan fingerprint density at radius 2 is 1.85 bits per heavy atom. The highest BCUT2D eigenvalue weighted by atomic mass is 32.2. The number of rotatable bonds is 6. The number of sulfone groups is 1. The van der Waals surface area contributed by atoms with Crippen molar-refractivity contribution in [3.05, 3.63) is 69.8 Å². The largest absolute Gasteiger partial charge is 0.309 e. The van der Waals surface area contributed by atoms with Gasteiger partial charge in [0.1, 0.15) is 5.82 Å². The molecule has 0 bridgehead atoms. The second-order valence-corrected chi connectivity index (χ2v) is 8.93. The van der Waals surface area contributed by atoms with Crippen LogP contribution in [0.1, 0.15) is 17.0 Å². The normalized spacial score (nSPS) is 12.0. The standard InChI is InChI=1S/C20H23N3O3S/c1-14-8-9-15(2)18(12-14)27(25,26)11-10-23(3)13-19-21-17-7-5-4-6-16(17)20(24)22-19/h4-9,12H,10-11,13H2,1-3H3,(H,21,22,24). The maximum Gasteiger partial charge on any atom is 0.258 e. The lowest BCUT2D eigenvalue weighted by Crippen LogP contribution is -2.27. The average Bonchev–Trinajstić information content (AvgIpc) is 2.62. The van der Waals surface area contributed by atoms with E-state index in [1.165, 1.54) is 0 Å². The van der Waals surface area contributed by atoms with Gasteiger partial charge in [0.25, 0.3) is 5.56 Å². The summed E-state index contributed by atoms with van der Waals surface area (Å²) in [7, 11) is -1.56. The van der Waals surface area contributed by atoms with Gasteiger partial charge in [-0.15, -0.1) is 0 Å². The van der Waals surface area contributed by atoms with E-state index in [1.54, 1.807) is 31.2 Å². The first-order valence-corrected chi connectivity index (χ1v) is 10.4. The number of fused-ring (bicyclic) bond motifs is 1. The van der Waals surface area contributed by atoms with E-state index in [9.17, 15) is 13.2 Å². The lowest BCUT2D eigenvalue weighted by atomic mass is 10.2. The molecule has 0 aliphatic carbocycles. The van der Waals surface area contributed by atoms with Gasteiger partial charge in [-0.05, 0) is 50.2 Å². The van der Waals surface area contributed by atoms with Gasteiger partial charge in [-0.3, -0.25) is 9.69 Å². The topological polar surface area (TPSA) is 83.1 Å². The number of para-hydroxylation sites is 1. The molecular formula is C20H23N3O3S. The Bertz CT molecular complexity index is 1140. The molecule has 0 amide bonds. The van der Waals surface area contributed by atoms with E-state index in [-0.39, 0.29) is 11.3 Å². The van der Waals surface area contributed by atoms with Gasteiger partial charge in [-0.2, -0.15) is 0 Å². The van der Waals surface area contributed by atoms with Crippen LogP contribution in [0.2, 0.25) is 0 Å². The number of hydrogen-bond donors (Lipinski definition) is 1. The summed E-state index contributed by atoms with van der Waals surface area (Å²) >= 11 is 0. The molecule has 27 heavy (non-hydrogen) atoms. The molecule has 0 spiro atoms. The Hall–Kier alpha value is -2.51. The molecule has 6 nitrogen and oxygen atoms in total. The first-order chi connectivity index (χ1) is 12.8. The molecule has 1 heterocycles. The molecule has 0 fully saturated rings. The Morgan fingerprint density at radius 3 is 2.63 bits per heavy atom. The number of benzene rings is 2. The van der Waals surface area contributed by atoms with Gasteiger partial charge in [-0.1, -0.05) is 24.3 Å². The molecule has 7 heteroatoms. The van der Waals surface area contributed by atoms with Crippen LogP contribution in [0.15, 0.2) is 52.2 Å². The minimum absolute atomic E-state index is 0.00556. The molecular weight excluding hydrogens is 362 g/mol. The van der Waals surface area contributed by atoms with E-state index in [4.69, 9.17) is 0 Å². The van der Waals surface area contributed by atoms with Gasteiger partial charge in [0, 0.05) is 6.54 Å². The Labute approximate surface area is 158 Å². The maximum absolute atomic E-state index is 12.7. The molecule has 0 aliphatic rings. The zero-order valence-corrected chi connectivity index (χ0v) is 16.5. The summed E-state index contributed by atoms with van der Waals surface area (Å²) in [4.78, 5) is 21.6. The highest BCUT2D eigenvalue weighted by Gasteiger charge is 2.18. The first kappa shape index (κ1) is 19.3. The smallest absolute Gasteiger partial charge is 0.258 e. The van der Waals surface area contributed by atoms with Gasteiger partial charge in [0.05, 0.1) is 28.1 Å². The van der Waals surface area contributed by atoms with Crippen LogP contribution in [0.5, 0.6) is 0 Å². The SMILES string of the molecule is Cc1ccc(C)c(S(=O)(=O)CCN(C)Cc2nc3ccccc3c(=O)[nH]2)c1. The Morgan fingerprint density at radius 1 is 1.11 bits per heavy atom. The van der Waals surface area contributed by atoms with Crippen LogP contribution in [-0.2, 0) is 16.4 Å². The fraction of sp³-hybridized carbons (Fsp3) is 0.300. The molecule has 0 unspecified atom stereocenters. The van der Waals surface area contributed by atoms with Crippen molar-refractivity contribution < 1.29 is 8.42 Å². The van der Waals surface area contributed by atoms with Crippen molar-refractivity contribution in [3.8, 4) is 0 Å². The summed E-state index contributed by atoms with van der Waals surface area (Å²) in [6.45, 7) is 4.39. The van der Waals surface area contributed by atoms with E-state index in [1.807, 2.05) is 37.1 Å². The number of nitrogens with zero attached hydrogens (tertiary/aromatic N) is 2. The fourth-order valence-electron chi connectivity index (χ4n) is 2.97. The van der Waals surface area contributed by atoms with E-state index in [0.29, 0.717) is 34.7 Å². The zero-order valence-electron chi connectivity index (χ0n) is 15.7. The van der Waals surface area contributed by atoms with Gasteiger partial charge >= 0.3 is 0 Å². The third-order valence-electron chi connectivity index (χ3n) is 4.50. The summed E-state index contributed by atoms with van der Waals surface area (Å²) < 4.78 is 25.4. The Balaban J connectivity index is 1.72. The van der Waals surface area contributed by atoms with Crippen molar-refractivity contribution >= 4 is 20.7 Å². The highest BCUT2D eigenvalue weighted by molar-refractivity contribution is 7.91. The van der Waals surface area contributed by atoms with Gasteiger partial charge in [0.2, 0.25) is 0 Å². The first-order valence-electron chi connectivity index (χ1n) is 8.73. The average molecular weight is 385 g/mol. The van der Waals surface area contributed by atoms with Crippen molar-refractivity contribution in [2.75, 3.05) is 19.3 Å². The summed E-state index contributed by atoms with van der Waals surface area (Å²) in [5.74, 6) is 0.524. The van der Waals surface area contributed by atoms with E-state index in [2.05, 4.69) is 9.97 Å². The second-order valence-electron chi connectivity index (χ2n) is 6.86. The minimum atomic E-state index is -3.38. The molecule has 1 aromatic heterocycles. The van der Waals surface area contributed by atoms with Crippen molar-refractivity contribution in [2.24, 2.45) is 0 Å². The van der Waals surface area contributed by atoms with E-state index in [0.717, 1.165) is 11.1 Å². The molecule has 0 saturated heterocycles. The van der Waals surface area contributed by atoms with Crippen LogP contribution in [-0.4, -0.2) is 42.6 Å². The van der Waals surface area contributed by atoms with Crippen LogP contribution >= 0.6 is 0 Å². The fourth-order valence-corrected chi connectivity index (χ4v) is 4.67. The molecule has 0 radical (unpaired) electrons. The zero-order chi connectivity index (χ0) is 19.6. The number of aryl methyl sites for hydroxylation is 2. The summed E-state index contributed by atoms with van der Waals surface area (Å²) in [6, 6.07) is 12.6. The van der Waals surface area contributed by atoms with Crippen LogP contribution in [0.3, 0.4) is 0 Å². The van der Waals surface area contributed by atoms with Crippen molar-refractivity contribution in [3.63, 3.8) is 0 Å². The molecule has 142 valence electrons. The van der Waals surface area contributed by atoms with Crippen molar-refractivity contribution in [1.29, 1.82) is 0 Å². The maximum atomic E-state index is 12.7. The molecule has 0 aliphatic heterocycles. The van der Waals surface area contributed by atoms with Gasteiger partial charge in [0.15, 0.2) is 9.84 Å². The third kappa shape index (κ3) is 4.43. The predicted octanol–water partition coefficient (Wildman–Crippen LogP) is 2.45. The molecule has 0 saturated carbocycles. The van der Waals surface area contributed by atoms with E-state index < -0.39 is 9.84 Å². The van der Waals surface area contributed by atoms with E-state index >= 15 is 0 Å². The number of hydrogen-bond acceptors (Lipinski definition) is 5. The summed E-state index contributed by atoms with van der Waals surface area (Å²) in [6.07, 6.45) is 0. The number of aromatic amines is 1. The van der Waals surface area contributed by atoms with Crippen molar-refractivity contribution in [1.82, 2.24) is 14.9 Å². The second kappa shape index (κ2) is 7.62. The third-order valence-corrected chi connectivity index (χ3v) is 6.33. The Kier molecular flexibility index (Phi) is 5.43. The van der Waals surface area contributed by atoms with Crippen LogP contribution in [0.4, 0.5) is 0 Å². The predicted molar refractivity (Wildman–Crippen MR) is 107 cm³/mol. The van der Waals surface area contributed by atoms with Crippen LogP contribution in [0.25, 0.3) is 10.9 Å². The molecule has 3 aromatic rings. The summed E-state index contributed by atoms with van der Waals surface area (Å²) in [5, 5.41) is 0.543. The minimum Gasteiger partial charge on any atom is -0.309 e. The molecule has 2 aromatic carbocycles. The quantitative estimate of drug-likeness (QED) is 0.705. The summed E-state index contributed by atoms with van der Waals surface area (Å²) in [5.41, 5.74) is 2.12. The molecule has 1 N–H and O–H groups in total. The van der Waals surface area contributed by atoms with Crippen molar-refractivity contribution in [2.45, 2.75) is 25.3 Å². The van der Waals surface area contributed by atoms with Gasteiger partial charge in [-0.25, -0.2) is 13.4 Å². The number of nitrogens with one attached hydrogen (secondary N) is 1. The number of aromatic nitrogens is 2. The lowest BCUT2D eigenvalue weighted by Gasteiger charge is -2.17. The molecule has 0 atom stereocenters. The molecule has 3 rings (SSSR count). The lowest BCUT2D eigenvalue weighted by molar-refractivity contribution is 0.337. The monoisotopic (exact) mass is 385 g/mol. The van der Waals surface area contributed by atoms with Crippen LogP contribution in [0, 0.1) is 13.8 Å². The van der Waals surface area contributed by atoms with Gasteiger partial charge < -0.3 is 4.98 Å². The number of H-pyrrole nitrogens is 1. The van der Waals surface area contributed by atoms with Crippen LogP contribution < -0.4 is 5.56 Å².